The summed E-state index contributed by atoms with van der Waals surface area (Å²) in [5.41, 5.74) is 2.15. The Kier molecular flexibility index (Phi) is 6.52. The summed E-state index contributed by atoms with van der Waals surface area (Å²) in [6.07, 6.45) is 1.60. The van der Waals surface area contributed by atoms with E-state index in [9.17, 15) is 0 Å². The van der Waals surface area contributed by atoms with Crippen molar-refractivity contribution in [2.45, 2.75) is 39.3 Å². The van der Waals surface area contributed by atoms with Crippen LogP contribution in [0.15, 0.2) is 50.4 Å². The number of nitrogens with one attached hydrogen (secondary N) is 6. The summed E-state index contributed by atoms with van der Waals surface area (Å²) >= 11 is 0. The van der Waals surface area contributed by atoms with Crippen molar-refractivity contribution in [3.63, 3.8) is 0 Å². The van der Waals surface area contributed by atoms with Gasteiger partial charge in [0.25, 0.3) is 0 Å². The maximum atomic E-state index is 4.61. The SMILES string of the molecule is CNC1=NC(C)N=C(N(C)Cc2ccc(NC3=NC(C)N=C(N(C)Cc4ccc[nH]4)N3)[nH]2)N1. The lowest BCUT2D eigenvalue weighted by molar-refractivity contribution is 0.472. The van der Waals surface area contributed by atoms with Gasteiger partial charge in [0, 0.05) is 38.7 Å². The predicted molar refractivity (Wildman–Crippen MR) is 132 cm³/mol. The largest absolute Gasteiger partial charge is 0.364 e. The summed E-state index contributed by atoms with van der Waals surface area (Å²) in [6, 6.07) is 8.07. The van der Waals surface area contributed by atoms with Gasteiger partial charge >= 0.3 is 0 Å². The quantitative estimate of drug-likeness (QED) is 0.398. The van der Waals surface area contributed by atoms with E-state index in [2.05, 4.69) is 62.2 Å². The first-order chi connectivity index (χ1) is 15.9. The molecule has 2 aromatic rings. The number of nitrogens with zero attached hydrogens (tertiary/aromatic N) is 6. The van der Waals surface area contributed by atoms with E-state index in [4.69, 9.17) is 0 Å². The van der Waals surface area contributed by atoms with Crippen LogP contribution in [0, 0.1) is 0 Å². The highest BCUT2D eigenvalue weighted by molar-refractivity contribution is 6.06. The number of anilines is 1. The summed E-state index contributed by atoms with van der Waals surface area (Å²) in [5.74, 6) is 3.73. The first-order valence-corrected chi connectivity index (χ1v) is 10.9. The second kappa shape index (κ2) is 9.67. The van der Waals surface area contributed by atoms with E-state index in [0.717, 1.165) is 29.1 Å². The number of aliphatic imine (C=N–C) groups is 4. The molecular formula is C21H32N12. The zero-order chi connectivity index (χ0) is 23.4. The fourth-order valence-electron chi connectivity index (χ4n) is 3.56. The van der Waals surface area contributed by atoms with Crippen LogP contribution in [0.5, 0.6) is 0 Å². The third-order valence-corrected chi connectivity index (χ3v) is 5.15. The molecule has 0 aromatic carbocycles. The van der Waals surface area contributed by atoms with Gasteiger partial charge in [0.2, 0.25) is 17.9 Å². The molecule has 0 amide bonds. The summed E-state index contributed by atoms with van der Waals surface area (Å²) < 4.78 is 0. The van der Waals surface area contributed by atoms with E-state index < -0.39 is 0 Å². The molecule has 2 aliphatic rings. The number of guanidine groups is 4. The van der Waals surface area contributed by atoms with Gasteiger partial charge in [-0.05, 0) is 38.1 Å². The normalized spacial score (nSPS) is 19.9. The smallest absolute Gasteiger partial charge is 0.205 e. The number of rotatable bonds is 5. The molecule has 0 aliphatic carbocycles. The third-order valence-electron chi connectivity index (χ3n) is 5.15. The van der Waals surface area contributed by atoms with Crippen molar-refractivity contribution in [1.82, 2.24) is 35.7 Å². The average molecular weight is 453 g/mol. The van der Waals surface area contributed by atoms with Crippen LogP contribution >= 0.6 is 0 Å². The average Bonchev–Trinajstić information content (AvgIpc) is 3.45. The molecule has 4 rings (SSSR count). The third kappa shape index (κ3) is 5.64. The van der Waals surface area contributed by atoms with E-state index in [0.29, 0.717) is 25.0 Å². The zero-order valence-electron chi connectivity index (χ0n) is 19.6. The second-order valence-electron chi connectivity index (χ2n) is 8.05. The Bertz CT molecular complexity index is 1060. The lowest BCUT2D eigenvalue weighted by atomic mass is 10.4. The Hall–Kier alpha value is -3.96. The molecule has 2 unspecified atom stereocenters. The lowest BCUT2D eigenvalue weighted by Crippen LogP contribution is -2.49. The molecule has 33 heavy (non-hydrogen) atoms. The van der Waals surface area contributed by atoms with Gasteiger partial charge in [-0.1, -0.05) is 0 Å². The van der Waals surface area contributed by atoms with Gasteiger partial charge in [-0.2, -0.15) is 0 Å². The molecule has 2 aliphatic heterocycles. The fourth-order valence-corrected chi connectivity index (χ4v) is 3.56. The number of aromatic nitrogens is 2. The number of aromatic amines is 2. The van der Waals surface area contributed by atoms with Crippen LogP contribution in [0.3, 0.4) is 0 Å². The Morgan fingerprint density at radius 1 is 0.848 bits per heavy atom. The zero-order valence-corrected chi connectivity index (χ0v) is 19.6. The predicted octanol–water partition coefficient (Wildman–Crippen LogP) is 0.860. The Balaban J connectivity index is 1.34. The Morgan fingerprint density at radius 3 is 2.12 bits per heavy atom. The standard InChI is InChI=1S/C21H32N12/c1-13-24-18(22-3)30-20(26-13)33(5)12-16-8-9-17(28-16)29-19-25-14(2)27-21(31-19)32(4)11-15-7-6-10-23-15/h6-10,13-14,23,28H,11-12H2,1-5H3,(H2,22,24,26,30)(H2,25,27,29,31). The van der Waals surface area contributed by atoms with E-state index in [1.165, 1.54) is 0 Å². The number of hydrogen-bond donors (Lipinski definition) is 6. The molecule has 0 fully saturated rings. The van der Waals surface area contributed by atoms with E-state index in [-0.39, 0.29) is 12.3 Å². The number of H-pyrrole nitrogens is 2. The molecule has 0 bridgehead atoms. The van der Waals surface area contributed by atoms with Crippen molar-refractivity contribution in [1.29, 1.82) is 0 Å². The Labute approximate surface area is 193 Å². The Morgan fingerprint density at radius 2 is 1.48 bits per heavy atom. The molecule has 0 radical (unpaired) electrons. The molecule has 2 aromatic heterocycles. The molecule has 0 saturated heterocycles. The summed E-state index contributed by atoms with van der Waals surface area (Å²) in [4.78, 5) is 28.8. The van der Waals surface area contributed by atoms with Gasteiger partial charge < -0.3 is 30.4 Å². The molecule has 4 heterocycles. The highest BCUT2D eigenvalue weighted by Crippen LogP contribution is 2.12. The van der Waals surface area contributed by atoms with Gasteiger partial charge in [0.05, 0.1) is 13.1 Å². The molecule has 176 valence electrons. The number of hydrogen-bond acceptors (Lipinski definition) is 10. The van der Waals surface area contributed by atoms with Crippen molar-refractivity contribution in [3.05, 3.63) is 41.9 Å². The maximum Gasteiger partial charge on any atom is 0.205 e. The van der Waals surface area contributed by atoms with Crippen LogP contribution in [-0.4, -0.2) is 77.1 Å². The first-order valence-electron chi connectivity index (χ1n) is 10.9. The van der Waals surface area contributed by atoms with Crippen LogP contribution in [0.2, 0.25) is 0 Å². The molecule has 2 atom stereocenters. The summed E-state index contributed by atoms with van der Waals surface area (Å²) in [5, 5.41) is 12.8. The minimum absolute atomic E-state index is 0.129. The van der Waals surface area contributed by atoms with E-state index in [1.54, 1.807) is 0 Å². The monoisotopic (exact) mass is 452 g/mol. The topological polar surface area (TPSA) is 136 Å². The fraction of sp³-hybridized carbons (Fsp3) is 0.429. The van der Waals surface area contributed by atoms with Gasteiger partial charge in [-0.3, -0.25) is 10.6 Å². The molecule has 0 saturated carbocycles. The summed E-state index contributed by atoms with van der Waals surface area (Å²) in [7, 11) is 5.82. The molecule has 12 nitrogen and oxygen atoms in total. The first kappa shape index (κ1) is 22.2. The van der Waals surface area contributed by atoms with Gasteiger partial charge in [-0.25, -0.2) is 20.0 Å². The lowest BCUT2D eigenvalue weighted by Gasteiger charge is -2.27. The minimum Gasteiger partial charge on any atom is -0.364 e. The second-order valence-corrected chi connectivity index (χ2v) is 8.05. The highest BCUT2D eigenvalue weighted by atomic mass is 15.4. The van der Waals surface area contributed by atoms with Gasteiger partial charge in [0.1, 0.15) is 18.1 Å². The van der Waals surface area contributed by atoms with Crippen LogP contribution in [0.25, 0.3) is 0 Å². The van der Waals surface area contributed by atoms with Crippen molar-refractivity contribution < 1.29 is 0 Å². The van der Waals surface area contributed by atoms with Gasteiger partial charge in [-0.15, -0.1) is 0 Å². The maximum absolute atomic E-state index is 4.61. The molecule has 0 spiro atoms. The van der Waals surface area contributed by atoms with Gasteiger partial charge in [0.15, 0.2) is 5.96 Å². The van der Waals surface area contributed by atoms with Crippen LogP contribution in [0.4, 0.5) is 5.82 Å². The van der Waals surface area contributed by atoms with Crippen LogP contribution in [0.1, 0.15) is 25.2 Å². The minimum atomic E-state index is -0.184. The van der Waals surface area contributed by atoms with Crippen LogP contribution < -0.4 is 21.3 Å². The molecule has 12 heteroatoms. The van der Waals surface area contributed by atoms with Crippen molar-refractivity contribution in [2.75, 3.05) is 26.5 Å². The summed E-state index contributed by atoms with van der Waals surface area (Å²) in [6.45, 7) is 5.28. The van der Waals surface area contributed by atoms with Crippen LogP contribution in [-0.2, 0) is 13.1 Å². The van der Waals surface area contributed by atoms with Crippen molar-refractivity contribution >= 4 is 29.7 Å². The van der Waals surface area contributed by atoms with E-state index in [1.807, 2.05) is 64.3 Å². The molecule has 6 N–H and O–H groups in total. The molecular weight excluding hydrogens is 420 g/mol. The van der Waals surface area contributed by atoms with Crippen molar-refractivity contribution in [3.8, 4) is 0 Å². The van der Waals surface area contributed by atoms with E-state index >= 15 is 0 Å². The van der Waals surface area contributed by atoms with Crippen molar-refractivity contribution in [2.24, 2.45) is 20.0 Å². The highest BCUT2D eigenvalue weighted by Gasteiger charge is 2.19.